The van der Waals surface area contributed by atoms with E-state index in [1.54, 1.807) is 6.07 Å². The van der Waals surface area contributed by atoms with Crippen molar-refractivity contribution in [2.45, 2.75) is 17.9 Å². The molecule has 0 saturated carbocycles. The molecule has 4 nitrogen and oxygen atoms in total. The number of halogens is 4. The Labute approximate surface area is 145 Å². The number of ketones is 1. The maximum atomic E-state index is 15.7. The quantitative estimate of drug-likeness (QED) is 0.669. The number of aliphatic hydroxyl groups is 1. The van der Waals surface area contributed by atoms with Crippen molar-refractivity contribution in [3.8, 4) is 0 Å². The molecule has 0 fully saturated rings. The molecule has 1 aliphatic rings. The highest BCUT2D eigenvalue weighted by Gasteiger charge is 2.56. The van der Waals surface area contributed by atoms with Gasteiger partial charge in [0.2, 0.25) is 5.67 Å². The van der Waals surface area contributed by atoms with E-state index in [0.717, 1.165) is 17.0 Å². The number of alkyl halides is 4. The number of aliphatic hydroxyl groups excluding tert-OH is 1. The first kappa shape index (κ1) is 18.1. The third kappa shape index (κ3) is 2.57. The van der Waals surface area contributed by atoms with E-state index in [2.05, 4.69) is 0 Å². The molecule has 2 atom stereocenters. The number of benzene rings is 2. The lowest BCUT2D eigenvalue weighted by molar-refractivity contribution is -0.137. The molecule has 2 aromatic carbocycles. The smallest absolute Gasteiger partial charge is 0.384 e. The van der Waals surface area contributed by atoms with Crippen LogP contribution in [0.25, 0.3) is 0 Å². The predicted molar refractivity (Wildman–Crippen MR) is 84.4 cm³/mol. The van der Waals surface area contributed by atoms with Crippen LogP contribution < -0.4 is 4.90 Å². The Balaban J connectivity index is 2.15. The summed E-state index contributed by atoms with van der Waals surface area (Å²) < 4.78 is 53.8. The van der Waals surface area contributed by atoms with Crippen LogP contribution in [-0.4, -0.2) is 30.0 Å². The second kappa shape index (κ2) is 5.91. The van der Waals surface area contributed by atoms with Gasteiger partial charge in [0.25, 0.3) is 11.7 Å². The average Bonchev–Trinajstić information content (AvgIpc) is 2.82. The first-order chi connectivity index (χ1) is 12.1. The van der Waals surface area contributed by atoms with Gasteiger partial charge in [-0.1, -0.05) is 30.3 Å². The molecule has 1 heterocycles. The molecule has 8 heteroatoms. The van der Waals surface area contributed by atoms with E-state index < -0.39 is 40.8 Å². The fourth-order valence-electron chi connectivity index (χ4n) is 3.02. The minimum atomic E-state index is -5.14. The number of amides is 1. The van der Waals surface area contributed by atoms with Crippen molar-refractivity contribution in [1.29, 1.82) is 0 Å². The molecule has 1 N–H and O–H groups in total. The molecule has 136 valence electrons. The minimum Gasteiger partial charge on any atom is -0.384 e. The van der Waals surface area contributed by atoms with Gasteiger partial charge >= 0.3 is 6.18 Å². The number of likely N-dealkylation sites (N-methyl/N-ethyl adjacent to an activating group) is 1. The first-order valence-electron chi connectivity index (χ1n) is 7.54. The Hall–Kier alpha value is -2.74. The average molecular weight is 367 g/mol. The highest BCUT2D eigenvalue weighted by molar-refractivity contribution is 6.09. The standard InChI is InChI=1S/C18H13F4NO3/c1-23-13-8-7-11(15(25)18(20,21)22)9-12(13)17(19,16(23)26)14(24)10-5-3-2-4-6-10/h2-9,14,24H,1H3/t14?,17-/m1/s1. The van der Waals surface area contributed by atoms with Crippen molar-refractivity contribution < 1.29 is 32.3 Å². The van der Waals surface area contributed by atoms with Crippen molar-refractivity contribution in [1.82, 2.24) is 0 Å². The summed E-state index contributed by atoms with van der Waals surface area (Å²) in [4.78, 5) is 24.8. The highest BCUT2D eigenvalue weighted by atomic mass is 19.4. The molecule has 1 unspecified atom stereocenters. The summed E-state index contributed by atoms with van der Waals surface area (Å²) >= 11 is 0. The molecule has 3 rings (SSSR count). The van der Waals surface area contributed by atoms with Gasteiger partial charge in [-0.2, -0.15) is 13.2 Å². The van der Waals surface area contributed by atoms with Crippen LogP contribution in [0.3, 0.4) is 0 Å². The zero-order valence-corrected chi connectivity index (χ0v) is 13.4. The summed E-state index contributed by atoms with van der Waals surface area (Å²) in [6.45, 7) is 0. The molecule has 26 heavy (non-hydrogen) atoms. The van der Waals surface area contributed by atoms with E-state index in [1.165, 1.54) is 31.3 Å². The Kier molecular flexibility index (Phi) is 4.11. The number of fused-ring (bicyclic) bond motifs is 1. The third-order valence-corrected chi connectivity index (χ3v) is 4.38. The number of carbonyl (C=O) groups is 2. The minimum absolute atomic E-state index is 0.00814. The van der Waals surface area contributed by atoms with Gasteiger partial charge in [0, 0.05) is 18.2 Å². The Morgan fingerprint density at radius 3 is 2.35 bits per heavy atom. The van der Waals surface area contributed by atoms with Crippen molar-refractivity contribution in [3.05, 3.63) is 65.2 Å². The summed E-state index contributed by atoms with van der Waals surface area (Å²) in [5.74, 6) is -3.28. The maximum absolute atomic E-state index is 15.7. The molecule has 0 spiro atoms. The van der Waals surface area contributed by atoms with E-state index >= 15 is 4.39 Å². The molecule has 2 aromatic rings. The van der Waals surface area contributed by atoms with Crippen LogP contribution in [0, 0.1) is 0 Å². The monoisotopic (exact) mass is 367 g/mol. The third-order valence-electron chi connectivity index (χ3n) is 4.38. The van der Waals surface area contributed by atoms with Gasteiger partial charge < -0.3 is 10.0 Å². The molecule has 1 amide bonds. The van der Waals surface area contributed by atoms with Crippen LogP contribution in [0.4, 0.5) is 23.2 Å². The van der Waals surface area contributed by atoms with Gasteiger partial charge in [-0.25, -0.2) is 4.39 Å². The van der Waals surface area contributed by atoms with E-state index in [0.29, 0.717) is 6.07 Å². The fourth-order valence-corrected chi connectivity index (χ4v) is 3.02. The van der Waals surface area contributed by atoms with Crippen LogP contribution in [0.5, 0.6) is 0 Å². The second-order valence-electron chi connectivity index (χ2n) is 5.95. The summed E-state index contributed by atoms with van der Waals surface area (Å²) in [6, 6.07) is 10.1. The Bertz CT molecular complexity index is 882. The molecule has 0 bridgehead atoms. The lowest BCUT2D eigenvalue weighted by Gasteiger charge is -2.25. The molecule has 0 aliphatic carbocycles. The first-order valence-corrected chi connectivity index (χ1v) is 7.54. The second-order valence-corrected chi connectivity index (χ2v) is 5.95. The number of carbonyl (C=O) groups excluding carboxylic acids is 2. The molecular weight excluding hydrogens is 354 g/mol. The lowest BCUT2D eigenvalue weighted by atomic mass is 9.86. The summed E-state index contributed by atoms with van der Waals surface area (Å²) in [5.41, 5.74) is -4.21. The summed E-state index contributed by atoms with van der Waals surface area (Å²) in [7, 11) is 1.24. The van der Waals surface area contributed by atoms with Crippen molar-refractivity contribution >= 4 is 17.4 Å². The molecule has 0 saturated heterocycles. The fraction of sp³-hybridized carbons (Fsp3) is 0.222. The van der Waals surface area contributed by atoms with Crippen molar-refractivity contribution in [2.24, 2.45) is 0 Å². The lowest BCUT2D eigenvalue weighted by Crippen LogP contribution is -2.40. The van der Waals surface area contributed by atoms with Crippen LogP contribution in [0.1, 0.15) is 27.6 Å². The topological polar surface area (TPSA) is 57.6 Å². The van der Waals surface area contributed by atoms with Crippen LogP contribution in [0.15, 0.2) is 48.5 Å². The van der Waals surface area contributed by atoms with Crippen LogP contribution in [0.2, 0.25) is 0 Å². The number of anilines is 1. The summed E-state index contributed by atoms with van der Waals surface area (Å²) in [6.07, 6.45) is -7.09. The van der Waals surface area contributed by atoms with Crippen molar-refractivity contribution in [3.63, 3.8) is 0 Å². The van der Waals surface area contributed by atoms with Gasteiger partial charge in [0.15, 0.2) is 0 Å². The van der Waals surface area contributed by atoms with Crippen LogP contribution >= 0.6 is 0 Å². The normalized spacial score (nSPS) is 20.8. The number of nitrogens with zero attached hydrogens (tertiary/aromatic N) is 1. The molecule has 1 aliphatic heterocycles. The van der Waals surface area contributed by atoms with Gasteiger partial charge in [-0.05, 0) is 23.8 Å². The van der Waals surface area contributed by atoms with E-state index in [1.807, 2.05) is 0 Å². The number of hydrogen-bond acceptors (Lipinski definition) is 3. The number of hydrogen-bond donors (Lipinski definition) is 1. The van der Waals surface area contributed by atoms with Gasteiger partial charge in [0.05, 0.1) is 5.69 Å². The zero-order valence-electron chi connectivity index (χ0n) is 13.4. The number of rotatable bonds is 3. The Morgan fingerprint density at radius 2 is 1.77 bits per heavy atom. The summed E-state index contributed by atoms with van der Waals surface area (Å²) in [5, 5.41) is 10.5. The molecule has 0 aromatic heterocycles. The molecular formula is C18H13F4NO3. The van der Waals surface area contributed by atoms with Crippen LogP contribution in [-0.2, 0) is 10.5 Å². The largest absolute Gasteiger partial charge is 0.454 e. The van der Waals surface area contributed by atoms with Gasteiger partial charge in [-0.15, -0.1) is 0 Å². The molecule has 0 radical (unpaired) electrons. The maximum Gasteiger partial charge on any atom is 0.454 e. The SMILES string of the molecule is CN1C(=O)[C@](F)(C(O)c2ccccc2)c2cc(C(=O)C(F)(F)F)ccc21. The Morgan fingerprint density at radius 1 is 1.15 bits per heavy atom. The van der Waals surface area contributed by atoms with Gasteiger partial charge in [-0.3, -0.25) is 9.59 Å². The van der Waals surface area contributed by atoms with Crippen molar-refractivity contribution in [2.75, 3.05) is 11.9 Å². The van der Waals surface area contributed by atoms with Gasteiger partial charge in [0.1, 0.15) is 6.10 Å². The highest BCUT2D eigenvalue weighted by Crippen LogP contribution is 2.50. The number of Topliss-reactive ketones (excluding diaryl/α,β-unsaturated/α-hetero) is 1. The zero-order chi connectivity index (χ0) is 19.3. The predicted octanol–water partition coefficient (Wildman–Crippen LogP) is 3.31. The van der Waals surface area contributed by atoms with E-state index in [4.69, 9.17) is 0 Å². The van der Waals surface area contributed by atoms with E-state index in [9.17, 15) is 27.9 Å². The van der Waals surface area contributed by atoms with E-state index in [-0.39, 0.29) is 11.3 Å².